The first-order valence-electron chi connectivity index (χ1n) is 7.05. The van der Waals surface area contributed by atoms with E-state index in [0.717, 1.165) is 11.1 Å². The fourth-order valence-corrected chi connectivity index (χ4v) is 3.93. The molecule has 118 valence electrons. The lowest BCUT2D eigenvalue weighted by Gasteiger charge is -2.30. The highest BCUT2D eigenvalue weighted by molar-refractivity contribution is 7.92. The Morgan fingerprint density at radius 3 is 2.82 bits per heavy atom. The van der Waals surface area contributed by atoms with E-state index in [0.29, 0.717) is 5.56 Å². The molecule has 3 rings (SSSR count). The lowest BCUT2D eigenvalue weighted by atomic mass is 10.1. The Balaban J connectivity index is 1.87. The van der Waals surface area contributed by atoms with Crippen molar-refractivity contribution in [2.75, 3.05) is 18.8 Å². The van der Waals surface area contributed by atoms with Crippen LogP contribution < -0.4 is 0 Å². The summed E-state index contributed by atoms with van der Waals surface area (Å²) in [5.41, 5.74) is 2.17. The van der Waals surface area contributed by atoms with E-state index < -0.39 is 15.1 Å². The maximum atomic E-state index is 12.7. The summed E-state index contributed by atoms with van der Waals surface area (Å²) in [6.07, 6.45) is 6.94. The number of nitrogens with zero attached hydrogens (tertiary/aromatic N) is 3. The van der Waals surface area contributed by atoms with Crippen LogP contribution in [0.1, 0.15) is 17.3 Å². The van der Waals surface area contributed by atoms with Crippen LogP contribution >= 0.6 is 0 Å². The van der Waals surface area contributed by atoms with E-state index >= 15 is 0 Å². The van der Waals surface area contributed by atoms with Crippen LogP contribution in [0.5, 0.6) is 0 Å². The zero-order chi connectivity index (χ0) is 15.9. The van der Waals surface area contributed by atoms with Crippen LogP contribution in [-0.4, -0.2) is 58.1 Å². The van der Waals surface area contributed by atoms with Gasteiger partial charge in [0.1, 0.15) is 0 Å². The number of H-pyrrole nitrogens is 1. The number of aromatic amines is 1. The largest absolute Gasteiger partial charge is 0.366 e. The Bertz CT molecular complexity index is 806. The third-order valence-electron chi connectivity index (χ3n) is 4.02. The number of nitrogens with one attached hydrogen (secondary N) is 1. The van der Waals surface area contributed by atoms with Gasteiger partial charge in [0.05, 0.1) is 22.8 Å². The molecule has 1 N–H and O–H groups in total. The zero-order valence-electron chi connectivity index (χ0n) is 12.5. The standard InChI is InChI=1S/C14H18N4O3S/c1-10-8-18(3-4-22(10,20)21)14(19)13-7-15-6-12(13)11-5-16-17(2)9-11/h5-7,9-10,15H,3-4,8H2,1-2H3/t10-/m0/s1. The van der Waals surface area contributed by atoms with Gasteiger partial charge in [0.15, 0.2) is 9.84 Å². The molecule has 0 saturated carbocycles. The molecule has 0 aromatic carbocycles. The van der Waals surface area contributed by atoms with E-state index in [1.165, 1.54) is 0 Å². The quantitative estimate of drug-likeness (QED) is 0.880. The molecule has 2 aromatic heterocycles. The van der Waals surface area contributed by atoms with E-state index in [1.807, 2.05) is 13.2 Å². The van der Waals surface area contributed by atoms with Crippen molar-refractivity contribution < 1.29 is 13.2 Å². The summed E-state index contributed by atoms with van der Waals surface area (Å²) in [7, 11) is -1.26. The summed E-state index contributed by atoms with van der Waals surface area (Å²) >= 11 is 0. The van der Waals surface area contributed by atoms with Crippen LogP contribution in [0, 0.1) is 0 Å². The van der Waals surface area contributed by atoms with Crippen LogP contribution in [0.4, 0.5) is 0 Å². The third-order valence-corrected chi connectivity index (χ3v) is 6.14. The number of aromatic nitrogens is 3. The number of aryl methyl sites for hydroxylation is 1. The first kappa shape index (κ1) is 14.8. The van der Waals surface area contributed by atoms with Crippen molar-refractivity contribution >= 4 is 15.7 Å². The van der Waals surface area contributed by atoms with E-state index in [2.05, 4.69) is 10.1 Å². The molecule has 1 aliphatic rings. The van der Waals surface area contributed by atoms with Crippen LogP contribution in [0.2, 0.25) is 0 Å². The predicted molar refractivity (Wildman–Crippen MR) is 82.1 cm³/mol. The van der Waals surface area contributed by atoms with Gasteiger partial charge in [-0.05, 0) is 6.92 Å². The monoisotopic (exact) mass is 322 g/mol. The highest BCUT2D eigenvalue weighted by Crippen LogP contribution is 2.25. The van der Waals surface area contributed by atoms with Crippen molar-refractivity contribution in [3.05, 3.63) is 30.4 Å². The number of sulfone groups is 1. The summed E-state index contributed by atoms with van der Waals surface area (Å²) in [6.45, 7) is 2.12. The molecule has 1 amide bonds. The number of hydrogen-bond donors (Lipinski definition) is 1. The molecule has 3 heterocycles. The van der Waals surface area contributed by atoms with Gasteiger partial charge in [-0.15, -0.1) is 0 Å². The summed E-state index contributed by atoms with van der Waals surface area (Å²) in [5, 5.41) is 3.59. The maximum Gasteiger partial charge on any atom is 0.256 e. The molecule has 22 heavy (non-hydrogen) atoms. The van der Waals surface area contributed by atoms with Gasteiger partial charge >= 0.3 is 0 Å². The average Bonchev–Trinajstić information content (AvgIpc) is 3.09. The van der Waals surface area contributed by atoms with E-state index in [-0.39, 0.29) is 24.7 Å². The van der Waals surface area contributed by atoms with Gasteiger partial charge in [0.25, 0.3) is 5.91 Å². The normalized spacial score (nSPS) is 21.0. The summed E-state index contributed by atoms with van der Waals surface area (Å²) in [5.74, 6) is -0.131. The molecule has 0 aliphatic carbocycles. The molecule has 1 aliphatic heterocycles. The smallest absolute Gasteiger partial charge is 0.256 e. The topological polar surface area (TPSA) is 88.1 Å². The number of rotatable bonds is 2. The molecular weight excluding hydrogens is 304 g/mol. The Morgan fingerprint density at radius 1 is 1.41 bits per heavy atom. The first-order valence-corrected chi connectivity index (χ1v) is 8.76. The summed E-state index contributed by atoms with van der Waals surface area (Å²) in [6, 6.07) is 0. The van der Waals surface area contributed by atoms with E-state index in [9.17, 15) is 13.2 Å². The molecule has 0 bridgehead atoms. The van der Waals surface area contributed by atoms with Crippen LogP contribution in [0.15, 0.2) is 24.8 Å². The highest BCUT2D eigenvalue weighted by Gasteiger charge is 2.33. The van der Waals surface area contributed by atoms with Gasteiger partial charge in [-0.2, -0.15) is 5.10 Å². The SMILES string of the molecule is C[C@H]1CN(C(=O)c2c[nH]cc2-c2cnn(C)c2)CCS1(=O)=O. The van der Waals surface area contributed by atoms with Crippen molar-refractivity contribution in [2.45, 2.75) is 12.2 Å². The Morgan fingerprint density at radius 2 is 2.18 bits per heavy atom. The average molecular weight is 322 g/mol. The van der Waals surface area contributed by atoms with Crippen molar-refractivity contribution in [3.8, 4) is 11.1 Å². The molecule has 2 aromatic rings. The molecule has 7 nitrogen and oxygen atoms in total. The van der Waals surface area contributed by atoms with Crippen LogP contribution in [0.3, 0.4) is 0 Å². The fraction of sp³-hybridized carbons (Fsp3) is 0.429. The second-order valence-corrected chi connectivity index (χ2v) is 8.15. The van der Waals surface area contributed by atoms with Crippen LogP contribution in [-0.2, 0) is 16.9 Å². The first-order chi connectivity index (χ1) is 10.4. The summed E-state index contributed by atoms with van der Waals surface area (Å²) in [4.78, 5) is 17.3. The Kier molecular flexibility index (Phi) is 3.56. The lowest BCUT2D eigenvalue weighted by Crippen LogP contribution is -2.48. The van der Waals surface area contributed by atoms with Crippen molar-refractivity contribution in [2.24, 2.45) is 7.05 Å². The van der Waals surface area contributed by atoms with Gasteiger partial charge < -0.3 is 9.88 Å². The second kappa shape index (κ2) is 5.28. The minimum absolute atomic E-state index is 0.0204. The number of hydrogen-bond acceptors (Lipinski definition) is 4. The molecule has 1 fully saturated rings. The van der Waals surface area contributed by atoms with Crippen molar-refractivity contribution in [1.82, 2.24) is 19.7 Å². The Hall–Kier alpha value is -2.09. The van der Waals surface area contributed by atoms with Gasteiger partial charge in [-0.25, -0.2) is 8.42 Å². The number of amides is 1. The minimum Gasteiger partial charge on any atom is -0.366 e. The second-order valence-electron chi connectivity index (χ2n) is 5.61. The fourth-order valence-electron chi connectivity index (χ4n) is 2.65. The summed E-state index contributed by atoms with van der Waals surface area (Å²) < 4.78 is 25.2. The maximum absolute atomic E-state index is 12.7. The third kappa shape index (κ3) is 2.54. The molecule has 0 unspecified atom stereocenters. The number of carbonyl (C=O) groups is 1. The zero-order valence-corrected chi connectivity index (χ0v) is 13.3. The van der Waals surface area contributed by atoms with Gasteiger partial charge in [0, 0.05) is 49.9 Å². The van der Waals surface area contributed by atoms with E-state index in [1.54, 1.807) is 35.1 Å². The van der Waals surface area contributed by atoms with Crippen molar-refractivity contribution in [3.63, 3.8) is 0 Å². The highest BCUT2D eigenvalue weighted by atomic mass is 32.2. The van der Waals surface area contributed by atoms with Crippen molar-refractivity contribution in [1.29, 1.82) is 0 Å². The minimum atomic E-state index is -3.07. The van der Waals surface area contributed by atoms with E-state index in [4.69, 9.17) is 0 Å². The van der Waals surface area contributed by atoms with Gasteiger partial charge in [-0.1, -0.05) is 0 Å². The van der Waals surface area contributed by atoms with Gasteiger partial charge in [0.2, 0.25) is 0 Å². The molecule has 1 saturated heterocycles. The van der Waals surface area contributed by atoms with Crippen LogP contribution in [0.25, 0.3) is 11.1 Å². The molecular formula is C14H18N4O3S. The van der Waals surface area contributed by atoms with Gasteiger partial charge in [-0.3, -0.25) is 9.48 Å². The number of carbonyl (C=O) groups excluding carboxylic acids is 1. The molecule has 0 spiro atoms. The lowest BCUT2D eigenvalue weighted by molar-refractivity contribution is 0.0761. The molecule has 8 heteroatoms. The Labute approximate surface area is 128 Å². The molecule has 1 atom stereocenters. The molecule has 0 radical (unpaired) electrons. The predicted octanol–water partition coefficient (Wildman–Crippen LogP) is 0.674.